The zero-order valence-corrected chi connectivity index (χ0v) is 10.3. The molecule has 0 spiro atoms. The fraction of sp³-hybridized carbons (Fsp3) is 0.100. The smallest absolute Gasteiger partial charge is 0.272 e. The fourth-order valence-corrected chi connectivity index (χ4v) is 2.09. The quantitative estimate of drug-likeness (QED) is 0.738. The number of nitrogens with one attached hydrogen (secondary N) is 1. The first kappa shape index (κ1) is 10.6. The van der Waals surface area contributed by atoms with Gasteiger partial charge in [0.25, 0.3) is 5.78 Å². The van der Waals surface area contributed by atoms with Crippen LogP contribution >= 0.6 is 23.2 Å². The van der Waals surface area contributed by atoms with Gasteiger partial charge in [0.15, 0.2) is 11.6 Å². The highest BCUT2D eigenvalue weighted by Gasteiger charge is 2.11. The zero-order chi connectivity index (χ0) is 12.0. The SMILES string of the molecule is Cc1nnc2nc(-c3ccc(Cl)cc3Cl)[nH]n12. The van der Waals surface area contributed by atoms with E-state index in [0.29, 0.717) is 21.6 Å². The third-order valence-electron chi connectivity index (χ3n) is 2.42. The van der Waals surface area contributed by atoms with Crippen LogP contribution in [0.3, 0.4) is 0 Å². The van der Waals surface area contributed by atoms with Gasteiger partial charge in [-0.25, -0.2) is 4.52 Å². The Bertz CT molecular complexity index is 700. The molecule has 3 aromatic rings. The summed E-state index contributed by atoms with van der Waals surface area (Å²) in [6.07, 6.45) is 0. The van der Waals surface area contributed by atoms with Crippen molar-refractivity contribution in [1.82, 2.24) is 24.8 Å². The van der Waals surface area contributed by atoms with Crippen molar-refractivity contribution in [3.05, 3.63) is 34.1 Å². The third-order valence-corrected chi connectivity index (χ3v) is 2.97. The van der Waals surface area contributed by atoms with E-state index in [9.17, 15) is 0 Å². The number of fused-ring (bicyclic) bond motifs is 1. The van der Waals surface area contributed by atoms with Crippen molar-refractivity contribution >= 4 is 29.0 Å². The van der Waals surface area contributed by atoms with Gasteiger partial charge in [-0.1, -0.05) is 23.2 Å². The predicted molar refractivity (Wildman–Crippen MR) is 65.3 cm³/mol. The van der Waals surface area contributed by atoms with E-state index in [1.165, 1.54) is 0 Å². The maximum atomic E-state index is 6.11. The Morgan fingerprint density at radius 2 is 2.06 bits per heavy atom. The normalized spacial score (nSPS) is 11.2. The van der Waals surface area contributed by atoms with E-state index in [0.717, 1.165) is 11.4 Å². The van der Waals surface area contributed by atoms with E-state index in [4.69, 9.17) is 23.2 Å². The summed E-state index contributed by atoms with van der Waals surface area (Å²) in [6, 6.07) is 5.25. The molecule has 0 bridgehead atoms. The van der Waals surface area contributed by atoms with E-state index in [2.05, 4.69) is 20.3 Å². The molecule has 1 aromatic carbocycles. The van der Waals surface area contributed by atoms with Gasteiger partial charge in [-0.15, -0.1) is 10.2 Å². The first-order chi connectivity index (χ1) is 8.15. The van der Waals surface area contributed by atoms with Crippen molar-refractivity contribution in [2.24, 2.45) is 0 Å². The van der Waals surface area contributed by atoms with Crippen molar-refractivity contribution in [2.75, 3.05) is 0 Å². The van der Waals surface area contributed by atoms with Crippen molar-refractivity contribution in [2.45, 2.75) is 6.92 Å². The summed E-state index contributed by atoms with van der Waals surface area (Å²) in [5.74, 6) is 1.90. The molecule has 3 rings (SSSR count). The zero-order valence-electron chi connectivity index (χ0n) is 8.78. The summed E-state index contributed by atoms with van der Waals surface area (Å²) in [4.78, 5) is 4.30. The van der Waals surface area contributed by atoms with Crippen molar-refractivity contribution in [3.63, 3.8) is 0 Å². The molecule has 5 nitrogen and oxygen atoms in total. The standard InChI is InChI=1S/C10H7Cl2N5/c1-5-14-15-10-13-9(16-17(5)10)7-3-2-6(11)4-8(7)12/h2-4H,1H3,(H,13,15,16). The van der Waals surface area contributed by atoms with Gasteiger partial charge in [0.1, 0.15) is 0 Å². The summed E-state index contributed by atoms with van der Waals surface area (Å²) in [6.45, 7) is 1.84. The van der Waals surface area contributed by atoms with Crippen LogP contribution in [0.1, 0.15) is 5.82 Å². The van der Waals surface area contributed by atoms with Gasteiger partial charge in [0.05, 0.1) is 5.02 Å². The molecule has 0 aliphatic carbocycles. The number of H-pyrrole nitrogens is 1. The van der Waals surface area contributed by atoms with Crippen LogP contribution < -0.4 is 0 Å². The number of nitrogens with zero attached hydrogens (tertiary/aromatic N) is 4. The molecule has 0 radical (unpaired) electrons. The van der Waals surface area contributed by atoms with Crippen LogP contribution in [0, 0.1) is 6.92 Å². The van der Waals surface area contributed by atoms with Crippen molar-refractivity contribution < 1.29 is 0 Å². The molecule has 0 aliphatic heterocycles. The van der Waals surface area contributed by atoms with Crippen LogP contribution in [0.25, 0.3) is 17.2 Å². The third kappa shape index (κ3) is 1.67. The summed E-state index contributed by atoms with van der Waals surface area (Å²) < 4.78 is 1.69. The van der Waals surface area contributed by atoms with E-state index in [1.54, 1.807) is 16.6 Å². The average Bonchev–Trinajstić information content (AvgIpc) is 2.81. The number of aromatic amines is 1. The Kier molecular flexibility index (Phi) is 2.31. The molecule has 0 unspecified atom stereocenters. The Morgan fingerprint density at radius 1 is 1.24 bits per heavy atom. The van der Waals surface area contributed by atoms with Gasteiger partial charge >= 0.3 is 0 Å². The van der Waals surface area contributed by atoms with E-state index in [-0.39, 0.29) is 0 Å². The Hall–Kier alpha value is -1.59. The molecule has 0 saturated heterocycles. The van der Waals surface area contributed by atoms with Gasteiger partial charge in [-0.3, -0.25) is 5.10 Å². The highest BCUT2D eigenvalue weighted by atomic mass is 35.5. The molecule has 17 heavy (non-hydrogen) atoms. The van der Waals surface area contributed by atoms with E-state index in [1.807, 2.05) is 13.0 Å². The number of benzene rings is 1. The summed E-state index contributed by atoms with van der Waals surface area (Å²) in [5, 5.41) is 12.0. The second kappa shape index (κ2) is 3.72. The fourth-order valence-electron chi connectivity index (χ4n) is 1.59. The molecule has 0 fully saturated rings. The number of hydrogen-bond acceptors (Lipinski definition) is 3. The number of hydrogen-bond donors (Lipinski definition) is 1. The molecule has 0 aliphatic rings. The highest BCUT2D eigenvalue weighted by Crippen LogP contribution is 2.28. The summed E-state index contributed by atoms with van der Waals surface area (Å²) >= 11 is 12.0. The lowest BCUT2D eigenvalue weighted by molar-refractivity contribution is 0.896. The summed E-state index contributed by atoms with van der Waals surface area (Å²) in [5.41, 5.74) is 0.779. The topological polar surface area (TPSA) is 58.9 Å². The number of halogens is 2. The lowest BCUT2D eigenvalue weighted by Gasteiger charge is -2.00. The molecular weight excluding hydrogens is 261 g/mol. The summed E-state index contributed by atoms with van der Waals surface area (Å²) in [7, 11) is 0. The molecule has 0 amide bonds. The molecule has 0 saturated carbocycles. The molecule has 2 heterocycles. The Labute approximate surface area is 106 Å². The molecule has 7 heteroatoms. The van der Waals surface area contributed by atoms with Gasteiger partial charge < -0.3 is 0 Å². The molecule has 0 atom stereocenters. The minimum atomic E-state index is 0.517. The Morgan fingerprint density at radius 3 is 2.76 bits per heavy atom. The maximum absolute atomic E-state index is 6.11. The second-order valence-corrected chi connectivity index (χ2v) is 4.42. The second-order valence-electron chi connectivity index (χ2n) is 3.58. The molecule has 86 valence electrons. The van der Waals surface area contributed by atoms with Gasteiger partial charge in [0, 0.05) is 10.6 Å². The van der Waals surface area contributed by atoms with Crippen LogP contribution in [0.2, 0.25) is 10.0 Å². The van der Waals surface area contributed by atoms with Crippen molar-refractivity contribution in [3.8, 4) is 11.4 Å². The highest BCUT2D eigenvalue weighted by molar-refractivity contribution is 6.36. The van der Waals surface area contributed by atoms with Crippen LogP contribution in [0.15, 0.2) is 18.2 Å². The van der Waals surface area contributed by atoms with Crippen LogP contribution in [-0.4, -0.2) is 24.8 Å². The van der Waals surface area contributed by atoms with E-state index < -0.39 is 0 Å². The Balaban J connectivity index is 2.20. The molecular formula is C10H7Cl2N5. The number of aryl methyl sites for hydroxylation is 1. The first-order valence-corrected chi connectivity index (χ1v) is 5.64. The number of rotatable bonds is 1. The van der Waals surface area contributed by atoms with Crippen LogP contribution in [0.5, 0.6) is 0 Å². The molecule has 1 N–H and O–H groups in total. The predicted octanol–water partition coefficient (Wildman–Crippen LogP) is 2.73. The lowest BCUT2D eigenvalue weighted by atomic mass is 10.2. The first-order valence-electron chi connectivity index (χ1n) is 4.88. The van der Waals surface area contributed by atoms with Gasteiger partial charge in [0.2, 0.25) is 0 Å². The number of aromatic nitrogens is 5. The maximum Gasteiger partial charge on any atom is 0.272 e. The van der Waals surface area contributed by atoms with Gasteiger partial charge in [-0.2, -0.15) is 4.98 Å². The lowest BCUT2D eigenvalue weighted by Crippen LogP contribution is -1.89. The minimum absolute atomic E-state index is 0.517. The van der Waals surface area contributed by atoms with E-state index >= 15 is 0 Å². The largest absolute Gasteiger partial charge is 0.272 e. The average molecular weight is 268 g/mol. The monoisotopic (exact) mass is 267 g/mol. The minimum Gasteiger partial charge on any atom is -0.272 e. The van der Waals surface area contributed by atoms with Crippen LogP contribution in [0.4, 0.5) is 0 Å². The van der Waals surface area contributed by atoms with Gasteiger partial charge in [-0.05, 0) is 25.1 Å². The molecule has 2 aromatic heterocycles. The van der Waals surface area contributed by atoms with Crippen molar-refractivity contribution in [1.29, 1.82) is 0 Å². The van der Waals surface area contributed by atoms with Crippen LogP contribution in [-0.2, 0) is 0 Å².